The lowest BCUT2D eigenvalue weighted by molar-refractivity contribution is -0.117. The van der Waals surface area contributed by atoms with E-state index in [1.807, 2.05) is 41.3 Å². The number of ether oxygens (including phenoxy) is 2. The highest BCUT2D eigenvalue weighted by Crippen LogP contribution is 2.38. The maximum Gasteiger partial charge on any atom is 0.249 e. The van der Waals surface area contributed by atoms with E-state index in [1.54, 1.807) is 7.11 Å². The van der Waals surface area contributed by atoms with Gasteiger partial charge in [-0.25, -0.2) is 0 Å². The van der Waals surface area contributed by atoms with Crippen LogP contribution in [0.4, 0.5) is 11.4 Å². The van der Waals surface area contributed by atoms with Crippen molar-refractivity contribution in [2.45, 2.75) is 24.4 Å². The number of carbonyl (C=O) groups is 1. The quantitative estimate of drug-likeness (QED) is 0.752. The van der Waals surface area contributed by atoms with E-state index in [1.165, 1.54) is 5.56 Å². The first-order valence-corrected chi connectivity index (χ1v) is 9.70. The number of methoxy groups -OCH3 is 1. The van der Waals surface area contributed by atoms with Crippen LogP contribution < -0.4 is 30.5 Å². The highest BCUT2D eigenvalue weighted by atomic mass is 16.5. The van der Waals surface area contributed by atoms with Gasteiger partial charge in [0.15, 0.2) is 0 Å². The summed E-state index contributed by atoms with van der Waals surface area (Å²) in [7, 11) is 1.64. The number of fused-ring (bicyclic) bond motifs is 3. The number of hydrogen-bond acceptors (Lipinski definition) is 6. The van der Waals surface area contributed by atoms with Crippen LogP contribution in [0.2, 0.25) is 0 Å². The number of hydrogen-bond donors (Lipinski definition) is 3. The molecule has 3 aliphatic heterocycles. The molecule has 146 valence electrons. The SMILES string of the molecule is COc1cccc(NC2CCN(c3ccc4c(c3)OCC3NNCC43)C2=O)c1. The summed E-state index contributed by atoms with van der Waals surface area (Å²) < 4.78 is 11.2. The van der Waals surface area contributed by atoms with Crippen molar-refractivity contribution in [3.8, 4) is 11.5 Å². The van der Waals surface area contributed by atoms with E-state index in [-0.39, 0.29) is 11.9 Å². The standard InChI is InChI=1S/C21H24N4O3/c1-27-15-4-2-3-13(9-15)23-18-7-8-25(21(18)26)14-5-6-16-17-11-22-24-19(17)12-28-20(16)10-14/h2-6,9-10,17-19,22-24H,7-8,11-12H2,1H3. The van der Waals surface area contributed by atoms with E-state index in [0.717, 1.165) is 35.8 Å². The number of amides is 1. The largest absolute Gasteiger partial charge is 0.497 e. The van der Waals surface area contributed by atoms with Crippen molar-refractivity contribution in [1.29, 1.82) is 0 Å². The molecule has 0 bridgehead atoms. The topological polar surface area (TPSA) is 74.9 Å². The predicted octanol–water partition coefficient (Wildman–Crippen LogP) is 1.86. The van der Waals surface area contributed by atoms with Gasteiger partial charge in [-0.05, 0) is 24.6 Å². The number of rotatable bonds is 4. The minimum Gasteiger partial charge on any atom is -0.497 e. The third-order valence-corrected chi connectivity index (χ3v) is 5.84. The number of nitrogens with one attached hydrogen (secondary N) is 3. The van der Waals surface area contributed by atoms with Crippen LogP contribution >= 0.6 is 0 Å². The molecule has 1 amide bonds. The first-order chi connectivity index (χ1) is 13.7. The molecule has 3 atom stereocenters. The maximum atomic E-state index is 13.0. The number of nitrogens with zero attached hydrogens (tertiary/aromatic N) is 1. The Kier molecular flexibility index (Phi) is 4.33. The van der Waals surface area contributed by atoms with E-state index in [9.17, 15) is 4.79 Å². The molecule has 3 unspecified atom stereocenters. The van der Waals surface area contributed by atoms with Crippen LogP contribution in [-0.4, -0.2) is 44.8 Å². The molecular weight excluding hydrogens is 356 g/mol. The van der Waals surface area contributed by atoms with Crippen LogP contribution in [0.3, 0.4) is 0 Å². The van der Waals surface area contributed by atoms with Crippen molar-refractivity contribution in [2.24, 2.45) is 0 Å². The van der Waals surface area contributed by atoms with Gasteiger partial charge in [-0.3, -0.25) is 15.6 Å². The number of benzene rings is 2. The van der Waals surface area contributed by atoms with Crippen LogP contribution in [0.1, 0.15) is 17.9 Å². The van der Waals surface area contributed by atoms with E-state index in [4.69, 9.17) is 9.47 Å². The molecule has 3 aliphatic rings. The van der Waals surface area contributed by atoms with Crippen LogP contribution in [0.25, 0.3) is 0 Å². The van der Waals surface area contributed by atoms with Crippen molar-refractivity contribution >= 4 is 17.3 Å². The third-order valence-electron chi connectivity index (χ3n) is 5.84. The molecule has 28 heavy (non-hydrogen) atoms. The summed E-state index contributed by atoms with van der Waals surface area (Å²) in [4.78, 5) is 14.8. The first-order valence-electron chi connectivity index (χ1n) is 9.70. The molecule has 2 aromatic carbocycles. The van der Waals surface area contributed by atoms with Gasteiger partial charge in [-0.15, -0.1) is 0 Å². The summed E-state index contributed by atoms with van der Waals surface area (Å²) in [5, 5.41) is 3.34. The van der Waals surface area contributed by atoms with Gasteiger partial charge < -0.3 is 19.7 Å². The minimum atomic E-state index is -0.239. The van der Waals surface area contributed by atoms with Crippen LogP contribution in [0, 0.1) is 0 Å². The van der Waals surface area contributed by atoms with Gasteiger partial charge in [0.25, 0.3) is 0 Å². The van der Waals surface area contributed by atoms with E-state index < -0.39 is 0 Å². The lowest BCUT2D eigenvalue weighted by atomic mass is 9.90. The fourth-order valence-corrected chi connectivity index (χ4v) is 4.31. The van der Waals surface area contributed by atoms with Crippen molar-refractivity contribution < 1.29 is 14.3 Å². The summed E-state index contributed by atoms with van der Waals surface area (Å²) in [6.07, 6.45) is 0.756. The zero-order chi connectivity index (χ0) is 19.1. The second-order valence-electron chi connectivity index (χ2n) is 7.48. The molecular formula is C21H24N4O3. The van der Waals surface area contributed by atoms with Crippen molar-refractivity contribution in [3.05, 3.63) is 48.0 Å². The van der Waals surface area contributed by atoms with Gasteiger partial charge in [-0.1, -0.05) is 12.1 Å². The Balaban J connectivity index is 1.33. The van der Waals surface area contributed by atoms with Gasteiger partial charge in [0, 0.05) is 48.1 Å². The second kappa shape index (κ2) is 7.00. The smallest absolute Gasteiger partial charge is 0.249 e. The molecule has 7 heteroatoms. The molecule has 0 radical (unpaired) electrons. The van der Waals surface area contributed by atoms with Crippen LogP contribution in [0.15, 0.2) is 42.5 Å². The molecule has 7 nitrogen and oxygen atoms in total. The molecule has 3 heterocycles. The predicted molar refractivity (Wildman–Crippen MR) is 107 cm³/mol. The Morgan fingerprint density at radius 1 is 1.25 bits per heavy atom. The first kappa shape index (κ1) is 17.3. The lowest BCUT2D eigenvalue weighted by Gasteiger charge is -2.29. The second-order valence-corrected chi connectivity index (χ2v) is 7.48. The van der Waals surface area contributed by atoms with Gasteiger partial charge in [0.2, 0.25) is 5.91 Å². The Labute approximate surface area is 164 Å². The number of carbonyl (C=O) groups excluding carboxylic acids is 1. The number of hydrazine groups is 1. The van der Waals surface area contributed by atoms with E-state index in [0.29, 0.717) is 25.1 Å². The van der Waals surface area contributed by atoms with Gasteiger partial charge in [0.1, 0.15) is 24.1 Å². The molecule has 2 fully saturated rings. The Morgan fingerprint density at radius 2 is 2.18 bits per heavy atom. The van der Waals surface area contributed by atoms with Crippen molar-refractivity contribution in [2.75, 3.05) is 37.0 Å². The molecule has 0 saturated carbocycles. The minimum absolute atomic E-state index is 0.0839. The van der Waals surface area contributed by atoms with Crippen LogP contribution in [0.5, 0.6) is 11.5 Å². The summed E-state index contributed by atoms with van der Waals surface area (Å²) >= 11 is 0. The van der Waals surface area contributed by atoms with Gasteiger partial charge in [0.05, 0.1) is 13.2 Å². The lowest BCUT2D eigenvalue weighted by Crippen LogP contribution is -2.38. The zero-order valence-electron chi connectivity index (χ0n) is 15.8. The summed E-state index contributed by atoms with van der Waals surface area (Å²) in [5.41, 5.74) is 9.46. The van der Waals surface area contributed by atoms with Gasteiger partial charge >= 0.3 is 0 Å². The normalized spacial score (nSPS) is 25.8. The molecule has 0 aliphatic carbocycles. The molecule has 0 spiro atoms. The molecule has 5 rings (SSSR count). The molecule has 3 N–H and O–H groups in total. The monoisotopic (exact) mass is 380 g/mol. The molecule has 2 aromatic rings. The molecule has 2 saturated heterocycles. The van der Waals surface area contributed by atoms with Crippen molar-refractivity contribution in [3.63, 3.8) is 0 Å². The highest BCUT2D eigenvalue weighted by molar-refractivity contribution is 6.01. The Morgan fingerprint density at radius 3 is 3.07 bits per heavy atom. The molecule has 0 aromatic heterocycles. The summed E-state index contributed by atoms with van der Waals surface area (Å²) in [6.45, 7) is 2.23. The fourth-order valence-electron chi connectivity index (χ4n) is 4.31. The Bertz CT molecular complexity index is 903. The van der Waals surface area contributed by atoms with E-state index >= 15 is 0 Å². The van der Waals surface area contributed by atoms with Gasteiger partial charge in [-0.2, -0.15) is 0 Å². The maximum absolute atomic E-state index is 13.0. The summed E-state index contributed by atoms with van der Waals surface area (Å²) in [6, 6.07) is 13.9. The highest BCUT2D eigenvalue weighted by Gasteiger charge is 2.36. The van der Waals surface area contributed by atoms with E-state index in [2.05, 4.69) is 22.2 Å². The summed E-state index contributed by atoms with van der Waals surface area (Å²) in [5.74, 6) is 2.16. The van der Waals surface area contributed by atoms with Crippen LogP contribution in [-0.2, 0) is 4.79 Å². The number of anilines is 2. The third kappa shape index (κ3) is 2.96. The Hall–Kier alpha value is -2.77. The fraction of sp³-hybridized carbons (Fsp3) is 0.381. The average molecular weight is 380 g/mol. The average Bonchev–Trinajstić information content (AvgIpc) is 3.35. The zero-order valence-corrected chi connectivity index (χ0v) is 15.8. The van der Waals surface area contributed by atoms with Crippen molar-refractivity contribution in [1.82, 2.24) is 10.9 Å².